The van der Waals surface area contributed by atoms with Crippen LogP contribution in [0.2, 0.25) is 0 Å². The smallest absolute Gasteiger partial charge is 0.306 e. The third-order valence-electron chi connectivity index (χ3n) is 9.50. The van der Waals surface area contributed by atoms with Gasteiger partial charge in [-0.3, -0.25) is 9.59 Å². The fraction of sp³-hybridized carbons (Fsp3) is 0.857. The van der Waals surface area contributed by atoms with E-state index in [0.717, 1.165) is 51.4 Å². The molecule has 0 aliphatic rings. The van der Waals surface area contributed by atoms with E-state index in [2.05, 4.69) is 38.2 Å². The zero-order valence-electron chi connectivity index (χ0n) is 32.4. The largest absolute Gasteiger partial charge is 0.461 e. The highest BCUT2D eigenvalue weighted by Crippen LogP contribution is 2.26. The molecular weight excluding hydrogens is 618 g/mol. The highest BCUT2D eigenvalue weighted by atomic mass is 35.5. The van der Waals surface area contributed by atoms with E-state index in [-0.39, 0.29) is 31.0 Å². The molecule has 0 fully saturated rings. The summed E-state index contributed by atoms with van der Waals surface area (Å²) >= 11 is 0. The predicted molar refractivity (Wildman–Crippen MR) is 210 cm³/mol. The molecule has 0 aromatic rings. The number of esters is 2. The first-order valence-electron chi connectivity index (χ1n) is 20.1. The molecule has 2 N–H and O–H groups in total. The molecule has 0 amide bonds. The van der Waals surface area contributed by atoms with Crippen molar-refractivity contribution in [2.75, 3.05) is 6.61 Å². The van der Waals surface area contributed by atoms with Crippen LogP contribution < -0.4 is 5.73 Å². The summed E-state index contributed by atoms with van der Waals surface area (Å²) in [5.74, 6) is -0.511. The predicted octanol–water partition coefficient (Wildman–Crippen LogP) is 13.1. The molecule has 0 radical (unpaired) electrons. The van der Waals surface area contributed by atoms with Crippen LogP contribution >= 0.6 is 12.4 Å². The summed E-state index contributed by atoms with van der Waals surface area (Å²) in [6.45, 7) is 9.93. The Balaban J connectivity index is 0. The van der Waals surface area contributed by atoms with Gasteiger partial charge in [-0.05, 0) is 85.0 Å². The van der Waals surface area contributed by atoms with Crippen molar-refractivity contribution in [3.8, 4) is 0 Å². The maximum atomic E-state index is 12.7. The number of rotatable bonds is 34. The second-order valence-electron chi connectivity index (χ2n) is 14.8. The highest BCUT2D eigenvalue weighted by Gasteiger charge is 2.43. The van der Waals surface area contributed by atoms with Crippen LogP contribution in [0.1, 0.15) is 214 Å². The molecule has 1 unspecified atom stereocenters. The third kappa shape index (κ3) is 30.7. The standard InChI is InChI=1S/C42H79NO4.ClH/c1-6-8-10-12-14-16-18-20-22-24-26-28-30-32-34-36-39(44)46-38-42(5,41(3,4)43)47-40(45)37-35-33-31-29-27-25-23-21-19-17-15-13-11-9-7-2;/h20-23H,6-19,24-38,43H2,1-5H3;1H/b22-20-,23-21-;. The summed E-state index contributed by atoms with van der Waals surface area (Å²) in [5, 5.41) is 0. The lowest BCUT2D eigenvalue weighted by Crippen LogP contribution is -2.59. The van der Waals surface area contributed by atoms with Gasteiger partial charge in [0.15, 0.2) is 5.60 Å². The Morgan fingerprint density at radius 2 is 0.812 bits per heavy atom. The van der Waals surface area contributed by atoms with Gasteiger partial charge in [0.2, 0.25) is 0 Å². The molecule has 0 heterocycles. The fourth-order valence-electron chi connectivity index (χ4n) is 5.62. The maximum Gasteiger partial charge on any atom is 0.306 e. The van der Waals surface area contributed by atoms with Gasteiger partial charge in [-0.15, -0.1) is 12.4 Å². The minimum absolute atomic E-state index is 0. The van der Waals surface area contributed by atoms with Crippen molar-refractivity contribution in [2.45, 2.75) is 226 Å². The summed E-state index contributed by atoms with van der Waals surface area (Å²) in [6.07, 6.45) is 41.9. The van der Waals surface area contributed by atoms with Crippen LogP contribution in [0, 0.1) is 0 Å². The molecule has 0 aromatic heterocycles. The molecule has 0 rings (SSSR count). The number of unbranched alkanes of at least 4 members (excludes halogenated alkanes) is 22. The molecule has 0 bridgehead atoms. The van der Waals surface area contributed by atoms with E-state index in [1.807, 2.05) is 13.8 Å². The lowest BCUT2D eigenvalue weighted by molar-refractivity contribution is -0.178. The van der Waals surface area contributed by atoms with Crippen molar-refractivity contribution in [2.24, 2.45) is 5.73 Å². The van der Waals surface area contributed by atoms with Gasteiger partial charge in [-0.2, -0.15) is 0 Å². The van der Waals surface area contributed by atoms with Crippen LogP contribution in [-0.2, 0) is 19.1 Å². The van der Waals surface area contributed by atoms with Crippen molar-refractivity contribution in [3.05, 3.63) is 24.3 Å². The van der Waals surface area contributed by atoms with E-state index < -0.39 is 11.1 Å². The van der Waals surface area contributed by atoms with Gasteiger partial charge < -0.3 is 15.2 Å². The lowest BCUT2D eigenvalue weighted by atomic mass is 9.85. The Morgan fingerprint density at radius 1 is 0.500 bits per heavy atom. The van der Waals surface area contributed by atoms with Crippen LogP contribution in [0.4, 0.5) is 0 Å². The number of nitrogens with two attached hydrogens (primary N) is 1. The molecule has 6 heteroatoms. The Morgan fingerprint density at radius 3 is 1.17 bits per heavy atom. The molecular formula is C42H80ClNO4. The topological polar surface area (TPSA) is 78.6 Å². The van der Waals surface area contributed by atoms with E-state index in [9.17, 15) is 9.59 Å². The van der Waals surface area contributed by atoms with E-state index in [0.29, 0.717) is 12.8 Å². The Labute approximate surface area is 304 Å². The second kappa shape index (κ2) is 34.1. The van der Waals surface area contributed by atoms with E-state index in [1.54, 1.807) is 6.92 Å². The first-order chi connectivity index (χ1) is 22.7. The summed E-state index contributed by atoms with van der Waals surface area (Å²) in [7, 11) is 0. The van der Waals surface area contributed by atoms with Crippen LogP contribution in [0.3, 0.4) is 0 Å². The quantitative estimate of drug-likeness (QED) is 0.0411. The number of hydrogen-bond acceptors (Lipinski definition) is 5. The number of carbonyl (C=O) groups excluding carboxylic acids is 2. The average molecular weight is 699 g/mol. The third-order valence-corrected chi connectivity index (χ3v) is 9.50. The SMILES string of the molecule is CCCCCCCC/C=C\CCCCCCCC(=O)OCC(C)(OC(=O)CCCCCCC/C=C\CCCCCCCC)C(C)(C)N.Cl. The molecule has 0 aliphatic heterocycles. The van der Waals surface area contributed by atoms with E-state index in [4.69, 9.17) is 15.2 Å². The Kier molecular flexibility index (Phi) is 34.7. The van der Waals surface area contributed by atoms with Crippen LogP contribution in [0.15, 0.2) is 24.3 Å². The average Bonchev–Trinajstić information content (AvgIpc) is 3.03. The molecule has 5 nitrogen and oxygen atoms in total. The van der Waals surface area contributed by atoms with Crippen molar-refractivity contribution < 1.29 is 19.1 Å². The minimum Gasteiger partial charge on any atom is -0.461 e. The normalized spacial score (nSPS) is 13.1. The van der Waals surface area contributed by atoms with Gasteiger partial charge >= 0.3 is 11.9 Å². The second-order valence-corrected chi connectivity index (χ2v) is 14.8. The molecule has 1 atom stereocenters. The molecule has 284 valence electrons. The molecule has 0 saturated carbocycles. The molecule has 0 saturated heterocycles. The van der Waals surface area contributed by atoms with Gasteiger partial charge in [0.1, 0.15) is 6.61 Å². The summed E-state index contributed by atoms with van der Waals surface area (Å²) in [4.78, 5) is 25.1. The van der Waals surface area contributed by atoms with Crippen LogP contribution in [0.25, 0.3) is 0 Å². The lowest BCUT2D eigenvalue weighted by Gasteiger charge is -2.40. The Bertz CT molecular complexity index is 791. The van der Waals surface area contributed by atoms with Gasteiger partial charge in [0.05, 0.1) is 5.54 Å². The van der Waals surface area contributed by atoms with E-state index in [1.165, 1.54) is 116 Å². The number of carbonyl (C=O) groups is 2. The maximum absolute atomic E-state index is 12.7. The number of halogens is 1. The minimum atomic E-state index is -1.07. The fourth-order valence-corrected chi connectivity index (χ4v) is 5.62. The number of hydrogen-bond donors (Lipinski definition) is 1. The van der Waals surface area contributed by atoms with Gasteiger partial charge in [0.25, 0.3) is 0 Å². The first kappa shape index (κ1) is 48.8. The van der Waals surface area contributed by atoms with E-state index >= 15 is 0 Å². The van der Waals surface area contributed by atoms with Crippen LogP contribution in [-0.4, -0.2) is 29.7 Å². The van der Waals surface area contributed by atoms with Crippen molar-refractivity contribution >= 4 is 24.3 Å². The summed E-state index contributed by atoms with van der Waals surface area (Å²) < 4.78 is 11.4. The zero-order chi connectivity index (χ0) is 34.9. The van der Waals surface area contributed by atoms with Crippen molar-refractivity contribution in [3.63, 3.8) is 0 Å². The summed E-state index contributed by atoms with van der Waals surface area (Å²) in [5.41, 5.74) is 4.49. The van der Waals surface area contributed by atoms with Crippen molar-refractivity contribution in [1.29, 1.82) is 0 Å². The number of ether oxygens (including phenoxy) is 2. The molecule has 0 aromatic carbocycles. The molecule has 0 aliphatic carbocycles. The molecule has 48 heavy (non-hydrogen) atoms. The molecule has 0 spiro atoms. The zero-order valence-corrected chi connectivity index (χ0v) is 33.3. The summed E-state index contributed by atoms with van der Waals surface area (Å²) in [6, 6.07) is 0. The first-order valence-corrected chi connectivity index (χ1v) is 20.1. The van der Waals surface area contributed by atoms with Gasteiger partial charge in [-0.1, -0.05) is 141 Å². The monoisotopic (exact) mass is 698 g/mol. The Hall–Kier alpha value is -1.33. The number of allylic oxidation sites excluding steroid dienone is 4. The van der Waals surface area contributed by atoms with Crippen molar-refractivity contribution in [1.82, 2.24) is 0 Å². The van der Waals surface area contributed by atoms with Crippen LogP contribution in [0.5, 0.6) is 0 Å². The van der Waals surface area contributed by atoms with Gasteiger partial charge in [-0.25, -0.2) is 0 Å². The van der Waals surface area contributed by atoms with Gasteiger partial charge in [0, 0.05) is 12.8 Å². The highest BCUT2D eigenvalue weighted by molar-refractivity contribution is 5.85.